The number of benzene rings is 5. The molecular formula is C38H34N2O4. The summed E-state index contributed by atoms with van der Waals surface area (Å²) in [5, 5.41) is 12.5. The first kappa shape index (κ1) is 28.7. The highest BCUT2D eigenvalue weighted by Gasteiger charge is 2.30. The SMILES string of the molecule is Cc1ccc(N(c2ccc(C)cc2)c2ccc(CC(NC(=O)OCC3c4ccccc4-c4ccccc43)C(=O)O)cc2)cc1. The Hall–Kier alpha value is -5.36. The van der Waals surface area contributed by atoms with E-state index in [-0.39, 0.29) is 18.9 Å². The first-order chi connectivity index (χ1) is 21.4. The number of carbonyl (C=O) groups is 2. The van der Waals surface area contributed by atoms with Crippen LogP contribution in [0.2, 0.25) is 0 Å². The topological polar surface area (TPSA) is 78.9 Å². The Bertz CT molecular complexity index is 1690. The van der Waals surface area contributed by atoms with Crippen LogP contribution in [0.3, 0.4) is 0 Å². The largest absolute Gasteiger partial charge is 0.480 e. The van der Waals surface area contributed by atoms with E-state index in [1.165, 1.54) is 11.1 Å². The first-order valence-corrected chi connectivity index (χ1v) is 14.7. The van der Waals surface area contributed by atoms with Crippen molar-refractivity contribution in [1.82, 2.24) is 5.32 Å². The molecule has 0 heterocycles. The number of anilines is 3. The van der Waals surface area contributed by atoms with Crippen LogP contribution in [-0.2, 0) is 16.0 Å². The van der Waals surface area contributed by atoms with E-state index in [9.17, 15) is 14.7 Å². The number of hydrogen-bond donors (Lipinski definition) is 2. The summed E-state index contributed by atoms with van der Waals surface area (Å²) in [5.41, 5.74) is 10.6. The lowest BCUT2D eigenvalue weighted by atomic mass is 9.98. The highest BCUT2D eigenvalue weighted by atomic mass is 16.5. The summed E-state index contributed by atoms with van der Waals surface area (Å²) in [5.74, 6) is -1.22. The van der Waals surface area contributed by atoms with Crippen LogP contribution in [0.1, 0.15) is 33.7 Å². The Balaban J connectivity index is 1.14. The molecule has 1 aliphatic carbocycles. The van der Waals surface area contributed by atoms with Crippen LogP contribution in [0.25, 0.3) is 11.1 Å². The summed E-state index contributed by atoms with van der Waals surface area (Å²) < 4.78 is 5.60. The molecule has 6 heteroatoms. The molecule has 1 unspecified atom stereocenters. The van der Waals surface area contributed by atoms with Gasteiger partial charge in [0.15, 0.2) is 0 Å². The molecule has 0 saturated carbocycles. The number of amides is 1. The smallest absolute Gasteiger partial charge is 0.407 e. The lowest BCUT2D eigenvalue weighted by molar-refractivity contribution is -0.139. The van der Waals surface area contributed by atoms with Gasteiger partial charge in [0.1, 0.15) is 12.6 Å². The number of aryl methyl sites for hydroxylation is 2. The second-order valence-electron chi connectivity index (χ2n) is 11.2. The Morgan fingerprint density at radius 1 is 0.705 bits per heavy atom. The second kappa shape index (κ2) is 12.5. The number of hydrogen-bond acceptors (Lipinski definition) is 4. The third-order valence-corrected chi connectivity index (χ3v) is 8.15. The molecule has 2 N–H and O–H groups in total. The van der Waals surface area contributed by atoms with E-state index in [0.717, 1.165) is 44.9 Å². The van der Waals surface area contributed by atoms with Crippen molar-refractivity contribution in [3.05, 3.63) is 149 Å². The van der Waals surface area contributed by atoms with Gasteiger partial charge in [-0.05, 0) is 78.1 Å². The van der Waals surface area contributed by atoms with Crippen LogP contribution < -0.4 is 10.2 Å². The minimum atomic E-state index is -1.14. The Kier molecular flexibility index (Phi) is 8.15. The summed E-state index contributed by atoms with van der Waals surface area (Å²) >= 11 is 0. The Labute approximate surface area is 257 Å². The molecule has 0 fully saturated rings. The average Bonchev–Trinajstić information content (AvgIpc) is 3.36. The number of alkyl carbamates (subject to hydrolysis) is 1. The van der Waals surface area contributed by atoms with Gasteiger partial charge in [0.05, 0.1) is 0 Å². The van der Waals surface area contributed by atoms with E-state index in [1.807, 2.05) is 60.7 Å². The van der Waals surface area contributed by atoms with E-state index in [4.69, 9.17) is 4.74 Å². The lowest BCUT2D eigenvalue weighted by Gasteiger charge is -2.26. The molecule has 6 rings (SSSR count). The van der Waals surface area contributed by atoms with Gasteiger partial charge in [-0.1, -0.05) is 96.1 Å². The van der Waals surface area contributed by atoms with E-state index in [2.05, 4.69) is 84.7 Å². The lowest BCUT2D eigenvalue weighted by Crippen LogP contribution is -2.42. The molecule has 1 amide bonds. The van der Waals surface area contributed by atoms with Gasteiger partial charge < -0.3 is 20.1 Å². The Morgan fingerprint density at radius 2 is 1.16 bits per heavy atom. The summed E-state index contributed by atoms with van der Waals surface area (Å²) in [6.07, 6.45) is -0.629. The number of carboxylic acid groups (broad SMARTS) is 1. The van der Waals surface area contributed by atoms with Crippen molar-refractivity contribution in [2.24, 2.45) is 0 Å². The van der Waals surface area contributed by atoms with Crippen molar-refractivity contribution in [3.63, 3.8) is 0 Å². The van der Waals surface area contributed by atoms with Crippen molar-refractivity contribution in [2.45, 2.75) is 32.2 Å². The van der Waals surface area contributed by atoms with Crippen molar-refractivity contribution >= 4 is 29.1 Å². The van der Waals surface area contributed by atoms with Gasteiger partial charge >= 0.3 is 12.1 Å². The zero-order valence-corrected chi connectivity index (χ0v) is 24.7. The average molecular weight is 583 g/mol. The highest BCUT2D eigenvalue weighted by molar-refractivity contribution is 5.82. The molecule has 6 nitrogen and oxygen atoms in total. The number of nitrogens with zero attached hydrogens (tertiary/aromatic N) is 1. The molecule has 1 atom stereocenters. The van der Waals surface area contributed by atoms with Gasteiger partial charge in [0.2, 0.25) is 0 Å². The maximum atomic E-state index is 12.8. The number of fused-ring (bicyclic) bond motifs is 3. The molecule has 0 bridgehead atoms. The molecule has 0 aromatic heterocycles. The Morgan fingerprint density at radius 3 is 1.64 bits per heavy atom. The summed E-state index contributed by atoms with van der Waals surface area (Å²) in [7, 11) is 0. The molecular weight excluding hydrogens is 548 g/mol. The van der Waals surface area contributed by atoms with Crippen LogP contribution in [0.4, 0.5) is 21.9 Å². The molecule has 1 aliphatic rings. The van der Waals surface area contributed by atoms with Crippen LogP contribution in [-0.4, -0.2) is 29.8 Å². The summed E-state index contributed by atoms with van der Waals surface area (Å²) in [6.45, 7) is 4.24. The fraction of sp³-hybridized carbons (Fsp3) is 0.158. The molecule has 220 valence electrons. The molecule has 44 heavy (non-hydrogen) atoms. The van der Waals surface area contributed by atoms with Gasteiger partial charge in [-0.15, -0.1) is 0 Å². The number of carbonyl (C=O) groups excluding carboxylic acids is 1. The normalized spacial score (nSPS) is 12.6. The fourth-order valence-corrected chi connectivity index (χ4v) is 5.83. The molecule has 0 spiro atoms. The maximum absolute atomic E-state index is 12.8. The molecule has 0 radical (unpaired) electrons. The third-order valence-electron chi connectivity index (χ3n) is 8.15. The van der Waals surface area contributed by atoms with Gasteiger partial charge in [-0.25, -0.2) is 9.59 Å². The van der Waals surface area contributed by atoms with Crippen LogP contribution in [0.5, 0.6) is 0 Å². The molecule has 0 aliphatic heterocycles. The summed E-state index contributed by atoms with van der Waals surface area (Å²) in [6, 6.07) is 39.5. The standard InChI is InChI=1S/C38H34N2O4/c1-25-11-17-28(18-12-25)40(29-19-13-26(2)14-20-29)30-21-15-27(16-22-30)23-36(37(41)42)39-38(43)44-24-35-33-9-5-3-7-31(33)32-8-4-6-10-34(32)35/h3-22,35-36H,23-24H2,1-2H3,(H,39,43)(H,41,42). The van der Waals surface area contributed by atoms with Crippen LogP contribution in [0.15, 0.2) is 121 Å². The second-order valence-corrected chi connectivity index (χ2v) is 11.2. The molecule has 5 aromatic carbocycles. The van der Waals surface area contributed by atoms with E-state index >= 15 is 0 Å². The maximum Gasteiger partial charge on any atom is 0.407 e. The first-order valence-electron chi connectivity index (χ1n) is 14.7. The quantitative estimate of drug-likeness (QED) is 0.183. The zero-order chi connectivity index (χ0) is 30.6. The highest BCUT2D eigenvalue weighted by Crippen LogP contribution is 2.44. The van der Waals surface area contributed by atoms with Crippen LogP contribution >= 0.6 is 0 Å². The summed E-state index contributed by atoms with van der Waals surface area (Å²) in [4.78, 5) is 27.1. The number of rotatable bonds is 9. The van der Waals surface area contributed by atoms with E-state index in [1.54, 1.807) is 0 Å². The third kappa shape index (κ3) is 6.06. The monoisotopic (exact) mass is 582 g/mol. The number of carboxylic acids is 1. The zero-order valence-electron chi connectivity index (χ0n) is 24.7. The van der Waals surface area contributed by atoms with Crippen LogP contribution in [0, 0.1) is 13.8 Å². The predicted molar refractivity (Wildman–Crippen MR) is 174 cm³/mol. The molecule has 5 aromatic rings. The van der Waals surface area contributed by atoms with Gasteiger partial charge in [0, 0.05) is 29.4 Å². The van der Waals surface area contributed by atoms with Gasteiger partial charge in [-0.2, -0.15) is 0 Å². The van der Waals surface area contributed by atoms with Gasteiger partial charge in [0.25, 0.3) is 0 Å². The van der Waals surface area contributed by atoms with Crippen molar-refractivity contribution in [1.29, 1.82) is 0 Å². The number of ether oxygens (including phenoxy) is 1. The predicted octanol–water partition coefficient (Wildman–Crippen LogP) is 8.31. The van der Waals surface area contributed by atoms with Crippen molar-refractivity contribution in [2.75, 3.05) is 11.5 Å². The fourth-order valence-electron chi connectivity index (χ4n) is 5.83. The number of nitrogens with one attached hydrogen (secondary N) is 1. The van der Waals surface area contributed by atoms with E-state index < -0.39 is 18.1 Å². The minimum absolute atomic E-state index is 0.103. The van der Waals surface area contributed by atoms with Gasteiger partial charge in [-0.3, -0.25) is 0 Å². The number of aliphatic carboxylic acids is 1. The van der Waals surface area contributed by atoms with Crippen molar-refractivity contribution < 1.29 is 19.4 Å². The van der Waals surface area contributed by atoms with E-state index in [0.29, 0.717) is 0 Å². The van der Waals surface area contributed by atoms with Crippen molar-refractivity contribution in [3.8, 4) is 11.1 Å². The molecule has 0 saturated heterocycles. The minimum Gasteiger partial charge on any atom is -0.480 e.